The number of pyridine rings is 1. The lowest BCUT2D eigenvalue weighted by Gasteiger charge is -2.05. The molecule has 5 nitrogen and oxygen atoms in total. The standard InChI is InChI=1S/C14H13N3O2S/c1-7-9-3-2-4-19-11-10(9)13(14(18)17-7)20-12(11)8-5-15-16-6-8/h5-6H,2-4H2,1H3,(H,15,16)(H,17,18). The van der Waals surface area contributed by atoms with Crippen LogP contribution in [0.5, 0.6) is 5.75 Å². The molecule has 0 fully saturated rings. The monoisotopic (exact) mass is 287 g/mol. The van der Waals surface area contributed by atoms with Crippen LogP contribution >= 0.6 is 11.3 Å². The SMILES string of the molecule is Cc1[nH]c(=O)c2sc(-c3cn[nH]c3)c3c2c1CCCO3. The zero-order valence-electron chi connectivity index (χ0n) is 10.9. The first-order valence-electron chi connectivity index (χ1n) is 6.56. The molecular formula is C14H13N3O2S. The van der Waals surface area contributed by atoms with Gasteiger partial charge in [0, 0.05) is 22.8 Å². The molecule has 0 amide bonds. The molecule has 0 saturated carbocycles. The van der Waals surface area contributed by atoms with Gasteiger partial charge in [0.2, 0.25) is 0 Å². The van der Waals surface area contributed by atoms with Crippen molar-refractivity contribution in [2.45, 2.75) is 19.8 Å². The van der Waals surface area contributed by atoms with E-state index in [1.807, 2.05) is 13.1 Å². The molecule has 20 heavy (non-hydrogen) atoms. The van der Waals surface area contributed by atoms with Gasteiger partial charge in [-0.25, -0.2) is 0 Å². The van der Waals surface area contributed by atoms with Crippen LogP contribution < -0.4 is 10.3 Å². The lowest BCUT2D eigenvalue weighted by molar-refractivity contribution is 0.321. The smallest absolute Gasteiger partial charge is 0.266 e. The number of nitrogens with zero attached hydrogens (tertiary/aromatic N) is 1. The Morgan fingerprint density at radius 1 is 1.45 bits per heavy atom. The Kier molecular flexibility index (Phi) is 2.47. The zero-order chi connectivity index (χ0) is 13.7. The highest BCUT2D eigenvalue weighted by molar-refractivity contribution is 7.22. The number of aromatic nitrogens is 3. The van der Waals surface area contributed by atoms with Crippen LogP contribution in [-0.2, 0) is 6.42 Å². The van der Waals surface area contributed by atoms with Crippen molar-refractivity contribution < 1.29 is 4.74 Å². The molecule has 1 aliphatic rings. The zero-order valence-corrected chi connectivity index (χ0v) is 11.8. The molecule has 0 atom stereocenters. The summed E-state index contributed by atoms with van der Waals surface area (Å²) in [7, 11) is 0. The summed E-state index contributed by atoms with van der Waals surface area (Å²) >= 11 is 1.48. The van der Waals surface area contributed by atoms with Crippen molar-refractivity contribution in [2.24, 2.45) is 0 Å². The van der Waals surface area contributed by atoms with Gasteiger partial charge in [0.15, 0.2) is 0 Å². The van der Waals surface area contributed by atoms with E-state index < -0.39 is 0 Å². The van der Waals surface area contributed by atoms with Gasteiger partial charge < -0.3 is 9.72 Å². The minimum atomic E-state index is -0.0345. The van der Waals surface area contributed by atoms with Crippen LogP contribution in [0.1, 0.15) is 17.7 Å². The van der Waals surface area contributed by atoms with E-state index in [0.717, 1.165) is 44.8 Å². The Bertz CT molecular complexity index is 846. The van der Waals surface area contributed by atoms with Crippen LogP contribution in [0.4, 0.5) is 0 Å². The van der Waals surface area contributed by atoms with Crippen LogP contribution in [-0.4, -0.2) is 21.8 Å². The highest BCUT2D eigenvalue weighted by Crippen LogP contribution is 2.45. The van der Waals surface area contributed by atoms with Crippen LogP contribution in [0.25, 0.3) is 20.5 Å². The van der Waals surface area contributed by atoms with E-state index in [1.54, 1.807) is 6.20 Å². The number of ether oxygens (including phenoxy) is 1. The van der Waals surface area contributed by atoms with Gasteiger partial charge in [0.25, 0.3) is 5.56 Å². The lowest BCUT2D eigenvalue weighted by atomic mass is 10.0. The molecule has 0 unspecified atom stereocenters. The highest BCUT2D eigenvalue weighted by Gasteiger charge is 2.24. The Hall–Kier alpha value is -2.08. The van der Waals surface area contributed by atoms with Gasteiger partial charge in [0.05, 0.1) is 17.7 Å². The van der Waals surface area contributed by atoms with Crippen LogP contribution in [0, 0.1) is 6.92 Å². The van der Waals surface area contributed by atoms with Crippen molar-refractivity contribution in [1.29, 1.82) is 0 Å². The van der Waals surface area contributed by atoms with Gasteiger partial charge in [-0.15, -0.1) is 11.3 Å². The molecular weight excluding hydrogens is 274 g/mol. The number of hydrogen-bond donors (Lipinski definition) is 2. The predicted octanol–water partition coefficient (Wildman–Crippen LogP) is 2.61. The third-order valence-corrected chi connectivity index (χ3v) is 4.92. The van der Waals surface area contributed by atoms with Gasteiger partial charge in [-0.2, -0.15) is 5.10 Å². The molecule has 102 valence electrons. The molecule has 0 bridgehead atoms. The summed E-state index contributed by atoms with van der Waals surface area (Å²) in [5.41, 5.74) is 3.09. The van der Waals surface area contributed by atoms with Crippen molar-refractivity contribution in [3.8, 4) is 16.2 Å². The summed E-state index contributed by atoms with van der Waals surface area (Å²) in [6.07, 6.45) is 5.49. The Morgan fingerprint density at radius 3 is 3.15 bits per heavy atom. The molecule has 0 aromatic carbocycles. The Labute approximate surface area is 118 Å². The fourth-order valence-corrected chi connectivity index (χ4v) is 3.93. The van der Waals surface area contributed by atoms with Crippen molar-refractivity contribution in [2.75, 3.05) is 6.61 Å². The Balaban J connectivity index is 2.15. The molecule has 4 heterocycles. The summed E-state index contributed by atoms with van der Waals surface area (Å²) in [5.74, 6) is 0.841. The average molecular weight is 287 g/mol. The van der Waals surface area contributed by atoms with Gasteiger partial charge in [0.1, 0.15) is 10.4 Å². The Morgan fingerprint density at radius 2 is 2.35 bits per heavy atom. The molecule has 1 aliphatic heterocycles. The van der Waals surface area contributed by atoms with Gasteiger partial charge in [-0.3, -0.25) is 9.89 Å². The topological polar surface area (TPSA) is 70.8 Å². The predicted molar refractivity (Wildman–Crippen MR) is 78.6 cm³/mol. The van der Waals surface area contributed by atoms with E-state index in [4.69, 9.17) is 4.74 Å². The molecule has 0 saturated heterocycles. The first-order chi connectivity index (χ1) is 9.75. The molecule has 4 rings (SSSR count). The minimum Gasteiger partial charge on any atom is -0.491 e. The largest absolute Gasteiger partial charge is 0.491 e. The third-order valence-electron chi connectivity index (χ3n) is 3.70. The molecule has 0 radical (unpaired) electrons. The fourth-order valence-electron chi connectivity index (χ4n) is 2.78. The van der Waals surface area contributed by atoms with Crippen LogP contribution in [0.3, 0.4) is 0 Å². The number of nitrogens with one attached hydrogen (secondary N) is 2. The summed E-state index contributed by atoms with van der Waals surface area (Å²) in [4.78, 5) is 16.2. The number of hydrogen-bond acceptors (Lipinski definition) is 4. The number of rotatable bonds is 1. The number of aromatic amines is 2. The molecule has 6 heteroatoms. The maximum absolute atomic E-state index is 12.2. The molecule has 3 aromatic rings. The number of H-pyrrole nitrogens is 2. The minimum absolute atomic E-state index is 0.0345. The first-order valence-corrected chi connectivity index (χ1v) is 7.37. The highest BCUT2D eigenvalue weighted by atomic mass is 32.1. The summed E-state index contributed by atoms with van der Waals surface area (Å²) in [5, 5.41) is 7.79. The normalized spacial score (nSPS) is 14.2. The fraction of sp³-hybridized carbons (Fsp3) is 0.286. The second-order valence-electron chi connectivity index (χ2n) is 4.96. The van der Waals surface area contributed by atoms with Gasteiger partial charge in [-0.1, -0.05) is 0 Å². The maximum Gasteiger partial charge on any atom is 0.266 e. The molecule has 2 N–H and O–H groups in total. The van der Waals surface area contributed by atoms with Crippen molar-refractivity contribution >= 4 is 21.4 Å². The van der Waals surface area contributed by atoms with Crippen molar-refractivity contribution in [3.63, 3.8) is 0 Å². The molecule has 3 aromatic heterocycles. The average Bonchev–Trinajstić information content (AvgIpc) is 3.00. The van der Waals surface area contributed by atoms with Crippen LogP contribution in [0.2, 0.25) is 0 Å². The van der Waals surface area contributed by atoms with Crippen LogP contribution in [0.15, 0.2) is 17.2 Å². The van der Waals surface area contributed by atoms with Gasteiger partial charge in [-0.05, 0) is 25.3 Å². The summed E-state index contributed by atoms with van der Waals surface area (Å²) in [6, 6.07) is 0. The van der Waals surface area contributed by atoms with E-state index in [1.165, 1.54) is 16.9 Å². The quantitative estimate of drug-likeness (QED) is 0.722. The van der Waals surface area contributed by atoms with Gasteiger partial charge >= 0.3 is 0 Å². The lowest BCUT2D eigenvalue weighted by Crippen LogP contribution is -2.08. The molecule has 0 aliphatic carbocycles. The van der Waals surface area contributed by atoms with E-state index in [9.17, 15) is 4.79 Å². The summed E-state index contributed by atoms with van der Waals surface area (Å²) < 4.78 is 6.69. The van der Waals surface area contributed by atoms with E-state index in [0.29, 0.717) is 6.61 Å². The van der Waals surface area contributed by atoms with E-state index in [2.05, 4.69) is 15.2 Å². The maximum atomic E-state index is 12.2. The van der Waals surface area contributed by atoms with Crippen molar-refractivity contribution in [3.05, 3.63) is 34.0 Å². The first kappa shape index (κ1) is 11.7. The summed E-state index contributed by atoms with van der Waals surface area (Å²) in [6.45, 7) is 2.64. The second-order valence-corrected chi connectivity index (χ2v) is 5.98. The van der Waals surface area contributed by atoms with E-state index in [-0.39, 0.29) is 5.56 Å². The molecule has 0 spiro atoms. The third kappa shape index (κ3) is 1.54. The van der Waals surface area contributed by atoms with E-state index >= 15 is 0 Å². The second kappa shape index (κ2) is 4.21. The number of thiophene rings is 1. The number of aryl methyl sites for hydroxylation is 2. The van der Waals surface area contributed by atoms with Crippen molar-refractivity contribution in [1.82, 2.24) is 15.2 Å².